The number of rotatable bonds is 3. The first kappa shape index (κ1) is 15.9. The molecule has 0 bridgehead atoms. The van der Waals surface area contributed by atoms with Crippen molar-refractivity contribution in [2.75, 3.05) is 0 Å². The maximum atomic E-state index is 12.2. The van der Waals surface area contributed by atoms with Crippen molar-refractivity contribution in [3.8, 4) is 11.4 Å². The third kappa shape index (κ3) is 3.48. The summed E-state index contributed by atoms with van der Waals surface area (Å²) in [6.07, 6.45) is 1.50. The van der Waals surface area contributed by atoms with Gasteiger partial charge in [0.1, 0.15) is 12.1 Å². The van der Waals surface area contributed by atoms with Crippen molar-refractivity contribution in [3.63, 3.8) is 0 Å². The Hall–Kier alpha value is -3.02. The molecule has 0 aliphatic carbocycles. The molecule has 3 rings (SSSR count). The van der Waals surface area contributed by atoms with Gasteiger partial charge < -0.3 is 4.74 Å². The minimum atomic E-state index is -0.384. The number of hydrogen-bond donors (Lipinski definition) is 0. The van der Waals surface area contributed by atoms with Gasteiger partial charge in [-0.3, -0.25) is 0 Å². The van der Waals surface area contributed by atoms with Crippen LogP contribution in [0, 0.1) is 0 Å². The Bertz CT molecular complexity index is 817. The van der Waals surface area contributed by atoms with Crippen LogP contribution >= 0.6 is 0 Å². The van der Waals surface area contributed by atoms with Crippen LogP contribution < -0.4 is 4.74 Å². The fourth-order valence-corrected chi connectivity index (χ4v) is 2.22. The average Bonchev–Trinajstić information content (AvgIpc) is 3.09. The van der Waals surface area contributed by atoms with Gasteiger partial charge in [0.2, 0.25) is 0 Å². The van der Waals surface area contributed by atoms with E-state index in [2.05, 4.69) is 36.3 Å². The van der Waals surface area contributed by atoms with E-state index in [-0.39, 0.29) is 11.4 Å². The lowest BCUT2D eigenvalue weighted by Gasteiger charge is -2.18. The molecule has 0 fully saturated rings. The van der Waals surface area contributed by atoms with E-state index in [4.69, 9.17) is 4.74 Å². The number of aromatic nitrogens is 4. The van der Waals surface area contributed by atoms with Crippen LogP contribution in [0.3, 0.4) is 0 Å². The molecule has 1 aromatic heterocycles. The summed E-state index contributed by atoms with van der Waals surface area (Å²) >= 11 is 0. The largest absolute Gasteiger partial charge is 0.423 e. The van der Waals surface area contributed by atoms with Gasteiger partial charge in [-0.25, -0.2) is 9.48 Å². The summed E-state index contributed by atoms with van der Waals surface area (Å²) in [5.41, 5.74) is 2.53. The van der Waals surface area contributed by atoms with Crippen molar-refractivity contribution >= 4 is 5.97 Å². The first-order valence-electron chi connectivity index (χ1n) is 7.60. The predicted octanol–water partition coefficient (Wildman–Crippen LogP) is 3.18. The van der Waals surface area contributed by atoms with Gasteiger partial charge in [-0.05, 0) is 57.8 Å². The maximum absolute atomic E-state index is 12.2. The van der Waals surface area contributed by atoms with Crippen molar-refractivity contribution in [1.29, 1.82) is 0 Å². The normalized spacial score (nSPS) is 11.3. The third-order valence-electron chi connectivity index (χ3n) is 3.65. The third-order valence-corrected chi connectivity index (χ3v) is 3.65. The summed E-state index contributed by atoms with van der Waals surface area (Å²) in [6, 6.07) is 14.5. The maximum Gasteiger partial charge on any atom is 0.343 e. The number of carbonyl (C=O) groups is 1. The lowest BCUT2D eigenvalue weighted by molar-refractivity contribution is 0.0734. The number of tetrazole rings is 1. The van der Waals surface area contributed by atoms with Crippen LogP contribution in [-0.2, 0) is 5.41 Å². The van der Waals surface area contributed by atoms with Crippen LogP contribution in [0.1, 0.15) is 36.7 Å². The summed E-state index contributed by atoms with van der Waals surface area (Å²) < 4.78 is 6.92. The smallest absolute Gasteiger partial charge is 0.343 e. The number of benzene rings is 2. The van der Waals surface area contributed by atoms with Crippen LogP contribution in [0.15, 0.2) is 54.9 Å². The molecule has 0 saturated carbocycles. The molecule has 2 aromatic carbocycles. The van der Waals surface area contributed by atoms with E-state index in [1.165, 1.54) is 16.6 Å². The Balaban J connectivity index is 1.70. The standard InChI is InChI=1S/C18H18N4O2/c1-18(2,3)14-6-4-13(5-7-14)17(23)24-16-10-8-15(9-11-16)22-12-19-20-21-22/h4-12H,1-3H3. The van der Waals surface area contributed by atoms with Crippen molar-refractivity contribution < 1.29 is 9.53 Å². The zero-order chi connectivity index (χ0) is 17.2. The van der Waals surface area contributed by atoms with Crippen molar-refractivity contribution in [1.82, 2.24) is 20.2 Å². The van der Waals surface area contributed by atoms with E-state index >= 15 is 0 Å². The zero-order valence-electron chi connectivity index (χ0n) is 13.8. The number of hydrogen-bond acceptors (Lipinski definition) is 5. The van der Waals surface area contributed by atoms with Crippen LogP contribution in [0.25, 0.3) is 5.69 Å². The van der Waals surface area contributed by atoms with Crippen LogP contribution in [0.4, 0.5) is 0 Å². The summed E-state index contributed by atoms with van der Waals surface area (Å²) in [5, 5.41) is 11.0. The van der Waals surface area contributed by atoms with Gasteiger partial charge in [-0.1, -0.05) is 32.9 Å². The molecule has 24 heavy (non-hydrogen) atoms. The second-order valence-electron chi connectivity index (χ2n) is 6.47. The molecule has 6 heteroatoms. The second kappa shape index (κ2) is 6.23. The molecule has 0 atom stereocenters. The molecule has 0 radical (unpaired) electrons. The molecular formula is C18H18N4O2. The second-order valence-corrected chi connectivity index (χ2v) is 6.47. The van der Waals surface area contributed by atoms with Crippen molar-refractivity contribution in [2.24, 2.45) is 0 Å². The molecule has 0 spiro atoms. The zero-order valence-corrected chi connectivity index (χ0v) is 13.8. The van der Waals surface area contributed by atoms with E-state index in [9.17, 15) is 4.79 Å². The fraction of sp³-hybridized carbons (Fsp3) is 0.222. The molecule has 0 saturated heterocycles. The van der Waals surface area contributed by atoms with Crippen LogP contribution in [0.5, 0.6) is 5.75 Å². The number of ether oxygens (including phenoxy) is 1. The molecule has 0 unspecified atom stereocenters. The summed E-state index contributed by atoms with van der Waals surface area (Å²) in [5.74, 6) is 0.0855. The number of esters is 1. The highest BCUT2D eigenvalue weighted by Gasteiger charge is 2.15. The fourth-order valence-electron chi connectivity index (χ4n) is 2.22. The summed E-state index contributed by atoms with van der Waals surface area (Å²) in [4.78, 5) is 12.2. The van der Waals surface area contributed by atoms with Crippen molar-refractivity contribution in [3.05, 3.63) is 66.0 Å². The van der Waals surface area contributed by atoms with E-state index in [0.717, 1.165) is 5.69 Å². The summed E-state index contributed by atoms with van der Waals surface area (Å²) in [7, 11) is 0. The van der Waals surface area contributed by atoms with Gasteiger partial charge in [0.25, 0.3) is 0 Å². The van der Waals surface area contributed by atoms with E-state index in [1.807, 2.05) is 12.1 Å². The highest BCUT2D eigenvalue weighted by atomic mass is 16.5. The molecule has 0 aliphatic heterocycles. The van der Waals surface area contributed by atoms with E-state index in [0.29, 0.717) is 11.3 Å². The SMILES string of the molecule is CC(C)(C)c1ccc(C(=O)Oc2ccc(-n3cnnn3)cc2)cc1. The molecule has 0 amide bonds. The molecule has 0 aliphatic rings. The highest BCUT2D eigenvalue weighted by Crippen LogP contribution is 2.23. The minimum Gasteiger partial charge on any atom is -0.423 e. The van der Waals surface area contributed by atoms with Gasteiger partial charge in [0, 0.05) is 0 Å². The van der Waals surface area contributed by atoms with Gasteiger partial charge in [0.05, 0.1) is 11.3 Å². The van der Waals surface area contributed by atoms with Gasteiger partial charge in [-0.2, -0.15) is 0 Å². The lowest BCUT2D eigenvalue weighted by Crippen LogP contribution is -2.13. The van der Waals surface area contributed by atoms with E-state index in [1.54, 1.807) is 36.4 Å². The Labute approximate surface area is 140 Å². The van der Waals surface area contributed by atoms with Crippen LogP contribution in [-0.4, -0.2) is 26.2 Å². The number of nitrogens with zero attached hydrogens (tertiary/aromatic N) is 4. The first-order chi connectivity index (χ1) is 11.4. The Morgan fingerprint density at radius 3 is 2.21 bits per heavy atom. The lowest BCUT2D eigenvalue weighted by atomic mass is 9.87. The highest BCUT2D eigenvalue weighted by molar-refractivity contribution is 5.91. The minimum absolute atomic E-state index is 0.0501. The van der Waals surface area contributed by atoms with Gasteiger partial charge in [-0.15, -0.1) is 5.10 Å². The Morgan fingerprint density at radius 2 is 1.67 bits per heavy atom. The van der Waals surface area contributed by atoms with Crippen LogP contribution in [0.2, 0.25) is 0 Å². The molecule has 122 valence electrons. The van der Waals surface area contributed by atoms with Gasteiger partial charge >= 0.3 is 5.97 Å². The Kier molecular flexibility index (Phi) is 4.12. The summed E-state index contributed by atoms with van der Waals surface area (Å²) in [6.45, 7) is 6.39. The van der Waals surface area contributed by atoms with E-state index < -0.39 is 0 Å². The Morgan fingerprint density at radius 1 is 1.00 bits per heavy atom. The topological polar surface area (TPSA) is 69.9 Å². The monoisotopic (exact) mass is 322 g/mol. The van der Waals surface area contributed by atoms with Gasteiger partial charge in [0.15, 0.2) is 0 Å². The molecule has 0 N–H and O–H groups in total. The number of carbonyl (C=O) groups excluding carboxylic acids is 1. The molecule has 3 aromatic rings. The first-order valence-corrected chi connectivity index (χ1v) is 7.60. The van der Waals surface area contributed by atoms with Crippen molar-refractivity contribution in [2.45, 2.75) is 26.2 Å². The average molecular weight is 322 g/mol. The quantitative estimate of drug-likeness (QED) is 0.547. The molecule has 1 heterocycles. The molecular weight excluding hydrogens is 304 g/mol. The predicted molar refractivity (Wildman–Crippen MR) is 89.3 cm³/mol. The molecule has 6 nitrogen and oxygen atoms in total.